The Morgan fingerprint density at radius 3 is 3.08 bits per heavy atom. The molecule has 2 aliphatic rings. The van der Waals surface area contributed by atoms with Crippen molar-refractivity contribution in [1.29, 1.82) is 0 Å². The van der Waals surface area contributed by atoms with Crippen LogP contribution in [0.5, 0.6) is 0 Å². The number of hydrogen-bond donors (Lipinski definition) is 3. The fourth-order valence-corrected chi connectivity index (χ4v) is 5.17. The lowest BCUT2D eigenvalue weighted by atomic mass is 9.97. The van der Waals surface area contributed by atoms with Crippen molar-refractivity contribution >= 4 is 45.7 Å². The molecule has 3 N–H and O–H groups in total. The molecule has 3 atom stereocenters. The molecule has 1 aliphatic carbocycles. The first-order chi connectivity index (χ1) is 11.7. The Balaban J connectivity index is 1.45. The van der Waals surface area contributed by atoms with E-state index in [9.17, 15) is 4.39 Å². The molecule has 1 saturated carbocycles. The topological polar surface area (TPSA) is 49.0 Å². The van der Waals surface area contributed by atoms with Crippen LogP contribution in [-0.2, 0) is 0 Å². The van der Waals surface area contributed by atoms with Gasteiger partial charge in [0.25, 0.3) is 0 Å². The lowest BCUT2D eigenvalue weighted by molar-refractivity contribution is 0.469. The molecule has 3 unspecified atom stereocenters. The monoisotopic (exact) mass is 384 g/mol. The highest BCUT2D eigenvalue weighted by Crippen LogP contribution is 2.38. The maximum Gasteiger partial charge on any atom is 0.192 e. The summed E-state index contributed by atoms with van der Waals surface area (Å²) in [6.45, 7) is 2.14. The largest absolute Gasteiger partial charge is 0.381 e. The van der Waals surface area contributed by atoms with E-state index in [-0.39, 0.29) is 5.82 Å². The van der Waals surface area contributed by atoms with Gasteiger partial charge in [0.15, 0.2) is 5.13 Å². The average molecular weight is 385 g/mol. The maximum absolute atomic E-state index is 14.4. The van der Waals surface area contributed by atoms with Crippen LogP contribution in [0, 0.1) is 17.7 Å². The van der Waals surface area contributed by atoms with E-state index >= 15 is 0 Å². The molecule has 1 saturated heterocycles. The van der Waals surface area contributed by atoms with E-state index < -0.39 is 0 Å². The van der Waals surface area contributed by atoms with Crippen LogP contribution in [0.1, 0.15) is 12.8 Å². The minimum atomic E-state index is -0.282. The zero-order valence-electron chi connectivity index (χ0n) is 12.9. The summed E-state index contributed by atoms with van der Waals surface area (Å²) < 4.78 is 17.4. The van der Waals surface area contributed by atoms with Crippen LogP contribution in [-0.4, -0.2) is 24.1 Å². The number of anilines is 2. The van der Waals surface area contributed by atoms with Gasteiger partial charge in [0.05, 0.1) is 15.6 Å². The van der Waals surface area contributed by atoms with E-state index in [1.54, 1.807) is 12.3 Å². The third kappa shape index (κ3) is 3.35. The van der Waals surface area contributed by atoms with Gasteiger partial charge in [-0.3, -0.25) is 0 Å². The first-order valence-electron chi connectivity index (χ1n) is 7.99. The summed E-state index contributed by atoms with van der Waals surface area (Å²) in [4.78, 5) is 4.58. The molecule has 24 heavy (non-hydrogen) atoms. The van der Waals surface area contributed by atoms with Crippen molar-refractivity contribution < 1.29 is 4.39 Å². The Morgan fingerprint density at radius 2 is 2.25 bits per heavy atom. The van der Waals surface area contributed by atoms with Crippen LogP contribution in [0.3, 0.4) is 0 Å². The first-order valence-corrected chi connectivity index (χ1v) is 10.1. The highest BCUT2D eigenvalue weighted by molar-refractivity contribution is 8.00. The van der Waals surface area contributed by atoms with Crippen molar-refractivity contribution in [2.45, 2.75) is 23.8 Å². The first kappa shape index (κ1) is 16.4. The summed E-state index contributed by atoms with van der Waals surface area (Å²) in [6, 6.07) is 3.54. The van der Waals surface area contributed by atoms with Crippen LogP contribution in [0.4, 0.5) is 15.2 Å². The molecular weight excluding hydrogens is 367 g/mol. The van der Waals surface area contributed by atoms with E-state index in [1.165, 1.54) is 35.8 Å². The molecular formula is C16H18ClFN4S2. The van der Waals surface area contributed by atoms with Gasteiger partial charge in [0.2, 0.25) is 0 Å². The van der Waals surface area contributed by atoms with Gasteiger partial charge in [0.1, 0.15) is 5.82 Å². The van der Waals surface area contributed by atoms with E-state index in [1.807, 2.05) is 5.38 Å². The standard InChI is InChI=1S/C16H18ClFN4S2/c17-11-5-15(24-22-16-20-3-4-23-16)12(18)6-14(11)21-13-2-1-9-7-19-8-10(9)13/h3-6,9-10,13,19,21H,1-2,7-8H2,(H,20,22). The van der Waals surface area contributed by atoms with Gasteiger partial charge in [-0.25, -0.2) is 9.37 Å². The summed E-state index contributed by atoms with van der Waals surface area (Å²) in [7, 11) is 0. The summed E-state index contributed by atoms with van der Waals surface area (Å²) >= 11 is 9.04. The molecule has 8 heteroatoms. The molecule has 2 heterocycles. The van der Waals surface area contributed by atoms with Crippen LogP contribution in [0.25, 0.3) is 0 Å². The molecule has 1 aromatic heterocycles. The van der Waals surface area contributed by atoms with E-state index in [2.05, 4.69) is 20.3 Å². The lowest BCUT2D eigenvalue weighted by Crippen LogP contribution is -2.28. The summed E-state index contributed by atoms with van der Waals surface area (Å²) in [5.74, 6) is 1.07. The molecule has 0 spiro atoms. The minimum absolute atomic E-state index is 0.282. The van der Waals surface area contributed by atoms with Crippen LogP contribution in [0.15, 0.2) is 28.6 Å². The fourth-order valence-electron chi connectivity index (χ4n) is 3.62. The molecule has 0 amide bonds. The fraction of sp³-hybridized carbons (Fsp3) is 0.438. The van der Waals surface area contributed by atoms with Crippen molar-refractivity contribution in [1.82, 2.24) is 10.3 Å². The number of nitrogens with zero attached hydrogens (tertiary/aromatic N) is 1. The smallest absolute Gasteiger partial charge is 0.192 e. The lowest BCUT2D eigenvalue weighted by Gasteiger charge is -2.22. The Labute approximate surface area is 153 Å². The normalized spacial score (nSPS) is 25.7. The Kier molecular flexibility index (Phi) is 4.85. The van der Waals surface area contributed by atoms with Crippen molar-refractivity contribution in [2.24, 2.45) is 11.8 Å². The number of rotatable bonds is 5. The SMILES string of the molecule is Fc1cc(NC2CCC3CNCC32)c(Cl)cc1SNc1nccs1. The van der Waals surface area contributed by atoms with E-state index in [4.69, 9.17) is 11.6 Å². The highest BCUT2D eigenvalue weighted by Gasteiger charge is 2.39. The van der Waals surface area contributed by atoms with E-state index in [0.717, 1.165) is 30.6 Å². The zero-order valence-corrected chi connectivity index (χ0v) is 15.3. The van der Waals surface area contributed by atoms with Gasteiger partial charge < -0.3 is 15.4 Å². The Hall–Kier alpha value is -1.02. The van der Waals surface area contributed by atoms with Gasteiger partial charge in [0, 0.05) is 24.2 Å². The van der Waals surface area contributed by atoms with Gasteiger partial charge in [-0.15, -0.1) is 11.3 Å². The summed E-state index contributed by atoms with van der Waals surface area (Å²) in [6.07, 6.45) is 4.05. The second-order valence-corrected chi connectivity index (χ2v) is 8.36. The van der Waals surface area contributed by atoms with Crippen molar-refractivity contribution in [3.8, 4) is 0 Å². The van der Waals surface area contributed by atoms with Gasteiger partial charge in [-0.05, 0) is 55.3 Å². The predicted octanol–water partition coefficient (Wildman–Crippen LogP) is 4.46. The molecule has 4 rings (SSSR count). The van der Waals surface area contributed by atoms with Crippen molar-refractivity contribution in [2.75, 3.05) is 23.1 Å². The van der Waals surface area contributed by atoms with Crippen molar-refractivity contribution in [3.05, 3.63) is 34.5 Å². The average Bonchev–Trinajstić information content (AvgIpc) is 3.28. The van der Waals surface area contributed by atoms with E-state index in [0.29, 0.717) is 27.6 Å². The molecule has 2 aromatic rings. The number of aromatic nitrogens is 1. The van der Waals surface area contributed by atoms with Gasteiger partial charge >= 0.3 is 0 Å². The van der Waals surface area contributed by atoms with Crippen molar-refractivity contribution in [3.63, 3.8) is 0 Å². The zero-order chi connectivity index (χ0) is 16.5. The molecule has 0 bridgehead atoms. The number of benzene rings is 1. The Bertz CT molecular complexity index is 712. The number of thiazole rings is 1. The Morgan fingerprint density at radius 1 is 1.33 bits per heavy atom. The van der Waals surface area contributed by atoms with Crippen LogP contribution < -0.4 is 15.4 Å². The molecule has 4 nitrogen and oxygen atoms in total. The number of halogens is 2. The molecule has 2 fully saturated rings. The maximum atomic E-state index is 14.4. The third-order valence-corrected chi connectivity index (χ3v) is 6.76. The quantitative estimate of drug-likeness (QED) is 0.664. The van der Waals surface area contributed by atoms with Gasteiger partial charge in [-0.2, -0.15) is 0 Å². The van der Waals surface area contributed by atoms with Crippen LogP contribution in [0.2, 0.25) is 5.02 Å². The summed E-state index contributed by atoms with van der Waals surface area (Å²) in [5.41, 5.74) is 0.685. The van der Waals surface area contributed by atoms with Gasteiger partial charge in [-0.1, -0.05) is 11.6 Å². The number of nitrogens with one attached hydrogen (secondary N) is 3. The summed E-state index contributed by atoms with van der Waals surface area (Å²) in [5, 5.41) is 10.1. The number of fused-ring (bicyclic) bond motifs is 1. The molecule has 0 radical (unpaired) electrons. The second-order valence-electron chi connectivity index (χ2n) is 6.21. The third-order valence-electron chi connectivity index (χ3n) is 4.80. The van der Waals surface area contributed by atoms with Crippen LogP contribution >= 0.6 is 34.9 Å². The number of hydrogen-bond acceptors (Lipinski definition) is 6. The molecule has 1 aromatic carbocycles. The second kappa shape index (κ2) is 7.07. The predicted molar refractivity (Wildman–Crippen MR) is 99.5 cm³/mol. The highest BCUT2D eigenvalue weighted by atomic mass is 35.5. The minimum Gasteiger partial charge on any atom is -0.381 e. The molecule has 128 valence electrons. The molecule has 1 aliphatic heterocycles.